The van der Waals surface area contributed by atoms with Crippen LogP contribution in [0.25, 0.3) is 42.4 Å². The molecule has 0 atom stereocenters. The first kappa shape index (κ1) is 29.0. The fraction of sp³-hybridized carbons (Fsp3) is 0.217. The summed E-state index contributed by atoms with van der Waals surface area (Å²) in [6.45, 7) is 11.6. The Morgan fingerprint density at radius 3 is 2.38 bits per heavy atom. The van der Waals surface area contributed by atoms with E-state index in [-0.39, 0.29) is 17.5 Å². The molecule has 3 heterocycles. The van der Waals surface area contributed by atoms with Crippen LogP contribution in [-0.4, -0.2) is 6.71 Å². The first-order valence-electron chi connectivity index (χ1n) is 18.1. The van der Waals surface area contributed by atoms with Crippen molar-refractivity contribution in [3.05, 3.63) is 125 Å². The monoisotopic (exact) mass is 664 g/mol. The second-order valence-corrected chi connectivity index (χ2v) is 17.4. The van der Waals surface area contributed by atoms with Crippen LogP contribution < -0.4 is 25.9 Å². The number of thiophene rings is 1. The summed E-state index contributed by atoms with van der Waals surface area (Å²) in [7, 11) is 0. The normalized spacial score (nSPS) is 15.9. The second-order valence-electron chi connectivity index (χ2n) is 16.3. The van der Waals surface area contributed by atoms with Gasteiger partial charge in [0.1, 0.15) is 23.0 Å². The van der Waals surface area contributed by atoms with Crippen LogP contribution in [0.4, 0.5) is 0 Å². The van der Waals surface area contributed by atoms with Gasteiger partial charge in [-0.3, -0.25) is 0 Å². The van der Waals surface area contributed by atoms with Crippen LogP contribution >= 0.6 is 11.3 Å². The highest BCUT2D eigenvalue weighted by Gasteiger charge is 2.42. The fourth-order valence-electron chi connectivity index (χ4n) is 9.48. The van der Waals surface area contributed by atoms with E-state index >= 15 is 0 Å². The first-order chi connectivity index (χ1) is 24.1. The predicted molar refractivity (Wildman–Crippen MR) is 211 cm³/mol. The van der Waals surface area contributed by atoms with Crippen LogP contribution in [0.3, 0.4) is 0 Å². The maximum atomic E-state index is 7.21. The number of hydrogen-bond donors (Lipinski definition) is 0. The molecule has 7 aromatic rings. The molecule has 4 heteroatoms. The molecular weight excluding hydrogens is 627 g/mol. The fourth-order valence-corrected chi connectivity index (χ4v) is 10.8. The van der Waals surface area contributed by atoms with E-state index in [4.69, 9.17) is 9.47 Å². The molecule has 0 amide bonds. The van der Waals surface area contributed by atoms with Crippen LogP contribution in [0.2, 0.25) is 0 Å². The lowest BCUT2D eigenvalue weighted by molar-refractivity contribution is 0.467. The Labute approximate surface area is 297 Å². The van der Waals surface area contributed by atoms with Gasteiger partial charge in [0.25, 0.3) is 6.71 Å². The average Bonchev–Trinajstić information content (AvgIpc) is 3.80. The molecule has 0 fully saturated rings. The van der Waals surface area contributed by atoms with Crippen molar-refractivity contribution in [3.8, 4) is 45.3 Å². The van der Waals surface area contributed by atoms with Crippen molar-refractivity contribution in [1.82, 2.24) is 0 Å². The van der Waals surface area contributed by atoms with Gasteiger partial charge in [0.05, 0.1) is 0 Å². The Kier molecular flexibility index (Phi) is 5.63. The largest absolute Gasteiger partial charge is 0.458 e. The molecule has 2 aliphatic heterocycles. The van der Waals surface area contributed by atoms with Gasteiger partial charge in [0.15, 0.2) is 0 Å². The predicted octanol–water partition coefficient (Wildman–Crippen LogP) is 10.5. The lowest BCUT2D eigenvalue weighted by atomic mass is 9.34. The van der Waals surface area contributed by atoms with Crippen LogP contribution in [0, 0.1) is 0 Å². The SMILES string of the molecule is CC(C)(C)c1ccc2c(c1)B1c3ccc4sc5c6c(ccc5c4c3Oc3cc(-c4ccc5c(c4)-c4ccccc4C5(C)C)cc(c31)O2)CCC6. The minimum absolute atomic E-state index is 0.0185. The molecule has 2 nitrogen and oxygen atoms in total. The third-order valence-corrected chi connectivity index (χ3v) is 13.3. The summed E-state index contributed by atoms with van der Waals surface area (Å²) < 4.78 is 16.8. The van der Waals surface area contributed by atoms with E-state index in [0.29, 0.717) is 0 Å². The summed E-state index contributed by atoms with van der Waals surface area (Å²) in [5.74, 6) is 3.73. The highest BCUT2D eigenvalue weighted by Crippen LogP contribution is 2.51. The quantitative estimate of drug-likeness (QED) is 0.163. The lowest BCUT2D eigenvalue weighted by Crippen LogP contribution is -2.57. The summed E-state index contributed by atoms with van der Waals surface area (Å²) in [5.41, 5.74) is 15.7. The Balaban J connectivity index is 1.15. The van der Waals surface area contributed by atoms with E-state index in [2.05, 4.69) is 132 Å². The zero-order chi connectivity index (χ0) is 33.7. The van der Waals surface area contributed by atoms with E-state index in [1.807, 2.05) is 11.3 Å². The maximum absolute atomic E-state index is 7.21. The molecule has 0 unspecified atom stereocenters. The Morgan fingerprint density at radius 2 is 1.52 bits per heavy atom. The molecule has 0 N–H and O–H groups in total. The van der Waals surface area contributed by atoms with Gasteiger partial charge in [-0.2, -0.15) is 0 Å². The van der Waals surface area contributed by atoms with E-state index in [0.717, 1.165) is 34.0 Å². The number of hydrogen-bond acceptors (Lipinski definition) is 3. The Bertz CT molecular complexity index is 2650. The standard InChI is InChI=1S/C46H37BO2S/c1-45(2,3)28-15-19-37-36(24-28)47-35-18-20-40-41(31-16-13-25-9-8-11-29(25)44(31)50-40)43(35)49-39-23-27(22-38(48-37)42(39)47)26-14-17-34-32(21-26)30-10-6-7-12-33(30)46(34,4)5/h6-7,10,12-24H,8-9,11H2,1-5H3. The highest BCUT2D eigenvalue weighted by molar-refractivity contribution is 7.26. The van der Waals surface area contributed by atoms with Crippen molar-refractivity contribution in [3.63, 3.8) is 0 Å². The summed E-state index contributed by atoms with van der Waals surface area (Å²) in [6.07, 6.45) is 3.61. The molecule has 242 valence electrons. The van der Waals surface area contributed by atoms with Crippen molar-refractivity contribution in [2.24, 2.45) is 0 Å². The molecule has 0 bridgehead atoms. The number of fused-ring (bicyclic) bond motifs is 13. The maximum Gasteiger partial charge on any atom is 0.260 e. The summed E-state index contributed by atoms with van der Waals surface area (Å²) in [4.78, 5) is 0. The first-order valence-corrected chi connectivity index (χ1v) is 18.9. The van der Waals surface area contributed by atoms with E-state index < -0.39 is 0 Å². The number of aryl methyl sites for hydroxylation is 2. The molecule has 6 aromatic carbocycles. The van der Waals surface area contributed by atoms with Gasteiger partial charge in [0.2, 0.25) is 0 Å². The average molecular weight is 665 g/mol. The van der Waals surface area contributed by atoms with E-state index in [1.165, 1.54) is 89.3 Å². The molecule has 50 heavy (non-hydrogen) atoms. The molecule has 0 saturated carbocycles. The smallest absolute Gasteiger partial charge is 0.260 e. The van der Waals surface area contributed by atoms with Gasteiger partial charge in [-0.05, 0) is 116 Å². The minimum Gasteiger partial charge on any atom is -0.458 e. The number of ether oxygens (including phenoxy) is 2. The molecule has 0 saturated heterocycles. The van der Waals surface area contributed by atoms with Crippen LogP contribution in [-0.2, 0) is 23.7 Å². The molecule has 2 aliphatic carbocycles. The number of benzene rings is 6. The number of rotatable bonds is 1. The third kappa shape index (κ3) is 3.81. The van der Waals surface area contributed by atoms with Gasteiger partial charge < -0.3 is 9.47 Å². The van der Waals surface area contributed by atoms with Crippen molar-refractivity contribution in [1.29, 1.82) is 0 Å². The molecule has 0 spiro atoms. The van der Waals surface area contributed by atoms with E-state index in [9.17, 15) is 0 Å². The van der Waals surface area contributed by atoms with E-state index in [1.54, 1.807) is 5.56 Å². The Morgan fingerprint density at radius 1 is 0.700 bits per heavy atom. The second kappa shape index (κ2) is 9.71. The van der Waals surface area contributed by atoms with Crippen LogP contribution in [0.15, 0.2) is 97.1 Å². The highest BCUT2D eigenvalue weighted by atomic mass is 32.1. The van der Waals surface area contributed by atoms with Crippen LogP contribution in [0.5, 0.6) is 23.0 Å². The van der Waals surface area contributed by atoms with Crippen molar-refractivity contribution in [2.45, 2.75) is 64.7 Å². The summed E-state index contributed by atoms with van der Waals surface area (Å²) in [5, 5.41) is 2.59. The van der Waals surface area contributed by atoms with Crippen molar-refractivity contribution < 1.29 is 9.47 Å². The molecular formula is C46H37BO2S. The van der Waals surface area contributed by atoms with Crippen molar-refractivity contribution >= 4 is 54.6 Å². The molecule has 1 aromatic heterocycles. The molecule has 0 radical (unpaired) electrons. The molecule has 4 aliphatic rings. The van der Waals surface area contributed by atoms with Gasteiger partial charge >= 0.3 is 0 Å². The Hall–Kier alpha value is -4.80. The van der Waals surface area contributed by atoms with Gasteiger partial charge in [0, 0.05) is 31.1 Å². The zero-order valence-electron chi connectivity index (χ0n) is 29.2. The van der Waals surface area contributed by atoms with Crippen LogP contribution in [0.1, 0.15) is 68.9 Å². The summed E-state index contributed by atoms with van der Waals surface area (Å²) >= 11 is 1.94. The summed E-state index contributed by atoms with van der Waals surface area (Å²) in [6, 6.07) is 36.6. The topological polar surface area (TPSA) is 18.5 Å². The lowest BCUT2D eigenvalue weighted by Gasteiger charge is -2.34. The third-order valence-electron chi connectivity index (χ3n) is 12.1. The van der Waals surface area contributed by atoms with Gasteiger partial charge in [-0.15, -0.1) is 11.3 Å². The van der Waals surface area contributed by atoms with Gasteiger partial charge in [-0.1, -0.05) is 101 Å². The minimum atomic E-state index is -0.0279. The molecule has 11 rings (SSSR count). The van der Waals surface area contributed by atoms with Crippen molar-refractivity contribution in [2.75, 3.05) is 0 Å². The van der Waals surface area contributed by atoms with Gasteiger partial charge in [-0.25, -0.2) is 0 Å². The zero-order valence-corrected chi connectivity index (χ0v) is 30.0.